The highest BCUT2D eigenvalue weighted by Crippen LogP contribution is 2.27. The molecule has 0 fully saturated rings. The van der Waals surface area contributed by atoms with Gasteiger partial charge in [0.2, 0.25) is 10.0 Å². The Morgan fingerprint density at radius 3 is 2.39 bits per heavy atom. The minimum atomic E-state index is -3.54. The molecule has 0 bridgehead atoms. The molecule has 0 amide bonds. The molecule has 4 nitrogen and oxygen atoms in total. The molecule has 1 rings (SSSR count). The number of hydrogen-bond donors (Lipinski definition) is 1. The van der Waals surface area contributed by atoms with E-state index in [9.17, 15) is 17.6 Å². The molecular weight excluding hydrogens is 281 g/mol. The van der Waals surface area contributed by atoms with Crippen LogP contribution in [-0.2, 0) is 10.0 Å². The van der Waals surface area contributed by atoms with E-state index in [2.05, 4.69) is 4.72 Å². The van der Waals surface area contributed by atoms with Gasteiger partial charge < -0.3 is 0 Å². The third kappa shape index (κ3) is 3.68. The lowest BCUT2D eigenvalue weighted by Gasteiger charge is -2.11. The summed E-state index contributed by atoms with van der Waals surface area (Å²) in [6, 6.07) is 2.03. The van der Waals surface area contributed by atoms with E-state index < -0.39 is 27.5 Å². The number of Topliss-reactive ketones (excluding diaryl/α,β-unsaturated/α-hetero) is 1. The molecule has 0 unspecified atom stereocenters. The van der Waals surface area contributed by atoms with Crippen LogP contribution in [0.2, 0.25) is 5.02 Å². The third-order valence-electron chi connectivity index (χ3n) is 2.14. The summed E-state index contributed by atoms with van der Waals surface area (Å²) in [6.45, 7) is 3.25. The minimum Gasteiger partial charge on any atom is -0.294 e. The van der Waals surface area contributed by atoms with Crippen molar-refractivity contribution in [2.75, 3.05) is 11.0 Å². The number of benzene rings is 1. The fourth-order valence-electron chi connectivity index (χ4n) is 1.33. The van der Waals surface area contributed by atoms with E-state index in [1.165, 1.54) is 0 Å². The van der Waals surface area contributed by atoms with Crippen molar-refractivity contribution in [3.63, 3.8) is 0 Å². The molecule has 0 heterocycles. The number of hydrogen-bond acceptors (Lipinski definition) is 3. The summed E-state index contributed by atoms with van der Waals surface area (Å²) < 4.78 is 37.9. The highest BCUT2D eigenvalue weighted by atomic mass is 35.5. The SMILES string of the molecule is CC(C)C(=O)c1cc(NS(C)(=O)=O)c(Cl)cc1F. The van der Waals surface area contributed by atoms with Crippen molar-refractivity contribution in [3.8, 4) is 0 Å². The molecule has 0 spiro atoms. The Morgan fingerprint density at radius 2 is 1.94 bits per heavy atom. The largest absolute Gasteiger partial charge is 0.294 e. The number of carbonyl (C=O) groups excluding carboxylic acids is 1. The van der Waals surface area contributed by atoms with Gasteiger partial charge in [0.05, 0.1) is 22.5 Å². The second kappa shape index (κ2) is 5.24. The molecule has 0 atom stereocenters. The van der Waals surface area contributed by atoms with Gasteiger partial charge in [0.1, 0.15) is 5.82 Å². The van der Waals surface area contributed by atoms with Crippen molar-refractivity contribution in [1.29, 1.82) is 0 Å². The minimum absolute atomic E-state index is 0.00966. The quantitative estimate of drug-likeness (QED) is 0.868. The lowest BCUT2D eigenvalue weighted by Crippen LogP contribution is -2.13. The zero-order chi connectivity index (χ0) is 14.1. The molecular formula is C11H13ClFNO3S. The Bertz CT molecular complexity index is 584. The van der Waals surface area contributed by atoms with Crippen molar-refractivity contribution in [3.05, 3.63) is 28.5 Å². The average Bonchev–Trinajstić information content (AvgIpc) is 2.19. The number of nitrogens with one attached hydrogen (secondary N) is 1. The molecule has 0 aliphatic carbocycles. The van der Waals surface area contributed by atoms with Gasteiger partial charge in [-0.15, -0.1) is 0 Å². The summed E-state index contributed by atoms with van der Waals surface area (Å²) in [5.74, 6) is -1.58. The Morgan fingerprint density at radius 1 is 1.39 bits per heavy atom. The van der Waals surface area contributed by atoms with Crippen molar-refractivity contribution in [1.82, 2.24) is 0 Å². The highest BCUT2D eigenvalue weighted by molar-refractivity contribution is 7.92. The van der Waals surface area contributed by atoms with E-state index in [1.807, 2.05) is 0 Å². The number of sulfonamides is 1. The molecule has 0 saturated carbocycles. The van der Waals surface area contributed by atoms with E-state index in [1.54, 1.807) is 13.8 Å². The fourth-order valence-corrected chi connectivity index (χ4v) is 2.15. The zero-order valence-corrected chi connectivity index (χ0v) is 11.7. The normalized spacial score (nSPS) is 11.7. The summed E-state index contributed by atoms with van der Waals surface area (Å²) in [5.41, 5.74) is -0.190. The fraction of sp³-hybridized carbons (Fsp3) is 0.364. The number of ketones is 1. The Hall–Kier alpha value is -1.14. The van der Waals surface area contributed by atoms with E-state index in [4.69, 9.17) is 11.6 Å². The maximum absolute atomic E-state index is 13.6. The first kappa shape index (κ1) is 14.9. The Balaban J connectivity index is 3.31. The maximum Gasteiger partial charge on any atom is 0.229 e. The number of rotatable bonds is 4. The summed E-state index contributed by atoms with van der Waals surface area (Å²) >= 11 is 5.71. The summed E-state index contributed by atoms with van der Waals surface area (Å²) in [5, 5.41) is -0.0989. The molecule has 0 saturated heterocycles. The van der Waals surface area contributed by atoms with Gasteiger partial charge in [0.15, 0.2) is 5.78 Å². The molecule has 1 aromatic rings. The van der Waals surface area contributed by atoms with Gasteiger partial charge in [0.25, 0.3) is 0 Å². The first-order chi connectivity index (χ1) is 8.11. The number of anilines is 1. The van der Waals surface area contributed by atoms with Gasteiger partial charge in [-0.3, -0.25) is 9.52 Å². The monoisotopic (exact) mass is 293 g/mol. The van der Waals surface area contributed by atoms with Crippen molar-refractivity contribution >= 4 is 33.1 Å². The van der Waals surface area contributed by atoms with E-state index in [0.29, 0.717) is 0 Å². The average molecular weight is 294 g/mol. The third-order valence-corrected chi connectivity index (χ3v) is 3.05. The molecule has 0 aromatic heterocycles. The van der Waals surface area contributed by atoms with Gasteiger partial charge in [-0.1, -0.05) is 25.4 Å². The van der Waals surface area contributed by atoms with Gasteiger partial charge in [0, 0.05) is 5.92 Å². The predicted molar refractivity (Wildman–Crippen MR) is 69.0 cm³/mol. The smallest absolute Gasteiger partial charge is 0.229 e. The van der Waals surface area contributed by atoms with Gasteiger partial charge >= 0.3 is 0 Å². The van der Waals surface area contributed by atoms with Crippen LogP contribution in [0.1, 0.15) is 24.2 Å². The van der Waals surface area contributed by atoms with Gasteiger partial charge in [-0.05, 0) is 12.1 Å². The lowest BCUT2D eigenvalue weighted by molar-refractivity contribution is 0.0935. The summed E-state index contributed by atoms with van der Waals surface area (Å²) in [6.07, 6.45) is 0.941. The van der Waals surface area contributed by atoms with E-state index in [0.717, 1.165) is 18.4 Å². The van der Waals surface area contributed by atoms with E-state index in [-0.39, 0.29) is 16.3 Å². The molecule has 1 N–H and O–H groups in total. The highest BCUT2D eigenvalue weighted by Gasteiger charge is 2.19. The van der Waals surface area contributed by atoms with Crippen molar-refractivity contribution in [2.24, 2.45) is 5.92 Å². The van der Waals surface area contributed by atoms with Crippen molar-refractivity contribution in [2.45, 2.75) is 13.8 Å². The van der Waals surface area contributed by atoms with Crippen molar-refractivity contribution < 1.29 is 17.6 Å². The molecule has 0 aliphatic heterocycles. The molecule has 7 heteroatoms. The van der Waals surface area contributed by atoms with Crippen LogP contribution < -0.4 is 4.72 Å². The molecule has 18 heavy (non-hydrogen) atoms. The van der Waals surface area contributed by atoms with Crippen LogP contribution in [0.15, 0.2) is 12.1 Å². The molecule has 100 valence electrons. The van der Waals surface area contributed by atoms with E-state index >= 15 is 0 Å². The second-order valence-electron chi connectivity index (χ2n) is 4.21. The van der Waals surface area contributed by atoms with Crippen LogP contribution in [0.5, 0.6) is 0 Å². The summed E-state index contributed by atoms with van der Waals surface area (Å²) in [7, 11) is -3.54. The second-order valence-corrected chi connectivity index (χ2v) is 6.36. The standard InChI is InChI=1S/C11H13ClFNO3S/c1-6(2)11(15)7-4-10(14-18(3,16)17)8(12)5-9(7)13/h4-6,14H,1-3H3. The first-order valence-corrected chi connectivity index (χ1v) is 7.40. The molecule has 1 aromatic carbocycles. The lowest BCUT2D eigenvalue weighted by atomic mass is 10.0. The first-order valence-electron chi connectivity index (χ1n) is 5.13. The molecule has 0 aliphatic rings. The maximum atomic E-state index is 13.6. The van der Waals surface area contributed by atoms with Gasteiger partial charge in [-0.25, -0.2) is 12.8 Å². The van der Waals surface area contributed by atoms with Crippen LogP contribution in [0.25, 0.3) is 0 Å². The van der Waals surface area contributed by atoms with Crippen LogP contribution in [0.3, 0.4) is 0 Å². The summed E-state index contributed by atoms with van der Waals surface area (Å²) in [4.78, 5) is 11.7. The van der Waals surface area contributed by atoms with Crippen LogP contribution in [0.4, 0.5) is 10.1 Å². The molecule has 0 radical (unpaired) electrons. The Labute approximate surface area is 110 Å². The topological polar surface area (TPSA) is 63.2 Å². The van der Waals surface area contributed by atoms with Crippen LogP contribution in [-0.4, -0.2) is 20.5 Å². The number of carbonyl (C=O) groups is 1. The van der Waals surface area contributed by atoms with Gasteiger partial charge in [-0.2, -0.15) is 0 Å². The Kier molecular flexibility index (Phi) is 4.34. The predicted octanol–water partition coefficient (Wildman–Crippen LogP) is 2.69. The van der Waals surface area contributed by atoms with Crippen LogP contribution in [0, 0.1) is 11.7 Å². The zero-order valence-electron chi connectivity index (χ0n) is 10.1. The van der Waals surface area contributed by atoms with Crippen LogP contribution >= 0.6 is 11.6 Å². The number of halogens is 2.